The first-order chi connectivity index (χ1) is 9.48. The molecule has 1 fully saturated rings. The van der Waals surface area contributed by atoms with Gasteiger partial charge in [0.25, 0.3) is 0 Å². The van der Waals surface area contributed by atoms with E-state index in [0.29, 0.717) is 24.7 Å². The Kier molecular flexibility index (Phi) is 3.33. The Morgan fingerprint density at radius 2 is 1.65 bits per heavy atom. The van der Waals surface area contributed by atoms with Crippen LogP contribution >= 0.6 is 0 Å². The molecule has 0 saturated carbocycles. The van der Waals surface area contributed by atoms with E-state index in [2.05, 4.69) is 26.0 Å². The van der Waals surface area contributed by atoms with E-state index in [-0.39, 0.29) is 5.91 Å². The van der Waals surface area contributed by atoms with E-state index in [0.717, 1.165) is 13.1 Å². The van der Waals surface area contributed by atoms with Crippen LogP contribution in [0, 0.1) is 11.8 Å². The zero-order valence-electron chi connectivity index (χ0n) is 12.4. The van der Waals surface area contributed by atoms with E-state index in [1.165, 1.54) is 17.5 Å². The van der Waals surface area contributed by atoms with Crippen molar-refractivity contribution in [3.8, 4) is 0 Å². The molecular formula is C17H24N2O. The zero-order valence-corrected chi connectivity index (χ0v) is 12.4. The predicted octanol–water partition coefficient (Wildman–Crippen LogP) is 1.99. The summed E-state index contributed by atoms with van der Waals surface area (Å²) in [6, 6.07) is 8.25. The molecule has 1 aliphatic carbocycles. The van der Waals surface area contributed by atoms with Crippen LogP contribution in [0.25, 0.3) is 0 Å². The summed E-state index contributed by atoms with van der Waals surface area (Å²) in [4.78, 5) is 14.9. The minimum absolute atomic E-state index is 0.145. The molecule has 1 amide bonds. The van der Waals surface area contributed by atoms with Crippen LogP contribution in [0.15, 0.2) is 24.3 Å². The predicted molar refractivity (Wildman–Crippen MR) is 80.3 cm³/mol. The lowest BCUT2D eigenvalue weighted by Gasteiger charge is -2.39. The highest BCUT2D eigenvalue weighted by molar-refractivity contribution is 5.88. The summed E-state index contributed by atoms with van der Waals surface area (Å²) in [7, 11) is 0. The third-order valence-corrected chi connectivity index (χ3v) is 4.71. The molecular weight excluding hydrogens is 248 g/mol. The Balaban J connectivity index is 1.78. The van der Waals surface area contributed by atoms with Gasteiger partial charge in [-0.1, -0.05) is 38.1 Å². The number of nitrogens with two attached hydrogens (primary N) is 1. The van der Waals surface area contributed by atoms with Crippen LogP contribution in [0.5, 0.6) is 0 Å². The van der Waals surface area contributed by atoms with Crippen molar-refractivity contribution in [2.45, 2.75) is 38.6 Å². The van der Waals surface area contributed by atoms with Crippen LogP contribution in [0.1, 0.15) is 31.4 Å². The van der Waals surface area contributed by atoms with Crippen LogP contribution in [0.2, 0.25) is 0 Å². The van der Waals surface area contributed by atoms with Gasteiger partial charge in [0.1, 0.15) is 5.54 Å². The van der Waals surface area contributed by atoms with Crippen LogP contribution in [-0.4, -0.2) is 29.4 Å². The van der Waals surface area contributed by atoms with Crippen molar-refractivity contribution in [2.75, 3.05) is 13.1 Å². The molecule has 20 heavy (non-hydrogen) atoms. The van der Waals surface area contributed by atoms with Gasteiger partial charge in [-0.2, -0.15) is 0 Å². The number of fused-ring (bicyclic) bond motifs is 1. The second-order valence-electron chi connectivity index (χ2n) is 6.93. The average Bonchev–Trinajstić information content (AvgIpc) is 2.74. The molecule has 1 heterocycles. The number of piperidine rings is 1. The van der Waals surface area contributed by atoms with Gasteiger partial charge < -0.3 is 10.6 Å². The molecule has 1 aromatic carbocycles. The lowest BCUT2D eigenvalue weighted by Crippen LogP contribution is -2.58. The van der Waals surface area contributed by atoms with Crippen molar-refractivity contribution in [3.63, 3.8) is 0 Å². The van der Waals surface area contributed by atoms with Gasteiger partial charge in [0.2, 0.25) is 5.91 Å². The summed E-state index contributed by atoms with van der Waals surface area (Å²) in [5.74, 6) is 1.30. The summed E-state index contributed by atoms with van der Waals surface area (Å²) in [5.41, 5.74) is 8.24. The number of carbonyl (C=O) groups is 1. The van der Waals surface area contributed by atoms with Gasteiger partial charge in [0, 0.05) is 13.1 Å². The zero-order chi connectivity index (χ0) is 14.3. The maximum atomic E-state index is 12.9. The molecule has 2 aliphatic rings. The van der Waals surface area contributed by atoms with Crippen molar-refractivity contribution >= 4 is 5.91 Å². The molecule has 108 valence electrons. The topological polar surface area (TPSA) is 46.3 Å². The minimum atomic E-state index is -0.722. The first-order valence-electron chi connectivity index (χ1n) is 7.63. The highest BCUT2D eigenvalue weighted by Gasteiger charge is 2.43. The van der Waals surface area contributed by atoms with E-state index in [4.69, 9.17) is 5.73 Å². The Morgan fingerprint density at radius 1 is 1.15 bits per heavy atom. The summed E-state index contributed by atoms with van der Waals surface area (Å²) in [5, 5.41) is 0. The van der Waals surface area contributed by atoms with E-state index in [9.17, 15) is 4.79 Å². The summed E-state index contributed by atoms with van der Waals surface area (Å²) in [6.07, 6.45) is 2.57. The molecule has 2 unspecified atom stereocenters. The van der Waals surface area contributed by atoms with Gasteiger partial charge in [-0.25, -0.2) is 0 Å². The number of hydrogen-bond donors (Lipinski definition) is 1. The molecule has 1 saturated heterocycles. The smallest absolute Gasteiger partial charge is 0.243 e. The molecule has 3 rings (SSSR count). The fraction of sp³-hybridized carbons (Fsp3) is 0.588. The first kappa shape index (κ1) is 13.6. The largest absolute Gasteiger partial charge is 0.341 e. The standard InChI is InChI=1S/C17H24N2O/c1-12-7-13(2)11-19(10-12)16(20)17(18)8-14-5-3-4-6-15(14)9-17/h3-6,12-13H,7-11,18H2,1-2H3. The SMILES string of the molecule is CC1CC(C)CN(C(=O)C2(N)Cc3ccccc3C2)C1. The number of hydrogen-bond acceptors (Lipinski definition) is 2. The van der Waals surface area contributed by atoms with E-state index >= 15 is 0 Å². The number of likely N-dealkylation sites (tertiary alicyclic amines) is 1. The maximum absolute atomic E-state index is 12.9. The molecule has 2 atom stereocenters. The molecule has 2 N–H and O–H groups in total. The van der Waals surface area contributed by atoms with Crippen molar-refractivity contribution in [1.29, 1.82) is 0 Å². The van der Waals surface area contributed by atoms with E-state index < -0.39 is 5.54 Å². The number of amides is 1. The Bertz CT molecular complexity index is 490. The first-order valence-corrected chi connectivity index (χ1v) is 7.63. The molecule has 3 nitrogen and oxygen atoms in total. The summed E-state index contributed by atoms with van der Waals surface area (Å²) in [6.45, 7) is 6.17. The van der Waals surface area contributed by atoms with Crippen molar-refractivity contribution in [3.05, 3.63) is 35.4 Å². The number of benzene rings is 1. The highest BCUT2D eigenvalue weighted by Crippen LogP contribution is 2.31. The van der Waals surface area contributed by atoms with Crippen molar-refractivity contribution in [2.24, 2.45) is 17.6 Å². The Hall–Kier alpha value is -1.35. The minimum Gasteiger partial charge on any atom is -0.341 e. The Labute approximate surface area is 121 Å². The molecule has 0 spiro atoms. The van der Waals surface area contributed by atoms with E-state index in [1.807, 2.05) is 17.0 Å². The lowest BCUT2D eigenvalue weighted by atomic mass is 9.88. The van der Waals surface area contributed by atoms with Crippen LogP contribution in [0.4, 0.5) is 0 Å². The number of nitrogens with zero attached hydrogens (tertiary/aromatic N) is 1. The van der Waals surface area contributed by atoms with Gasteiger partial charge in [-0.15, -0.1) is 0 Å². The fourth-order valence-electron chi connectivity index (χ4n) is 3.94. The third-order valence-electron chi connectivity index (χ3n) is 4.71. The second kappa shape index (κ2) is 4.88. The molecule has 1 aliphatic heterocycles. The second-order valence-corrected chi connectivity index (χ2v) is 6.93. The normalized spacial score (nSPS) is 28.2. The highest BCUT2D eigenvalue weighted by atomic mass is 16.2. The average molecular weight is 272 g/mol. The van der Waals surface area contributed by atoms with Crippen LogP contribution < -0.4 is 5.73 Å². The number of rotatable bonds is 1. The third kappa shape index (κ3) is 2.35. The quantitative estimate of drug-likeness (QED) is 0.850. The van der Waals surface area contributed by atoms with Gasteiger partial charge >= 0.3 is 0 Å². The number of carbonyl (C=O) groups excluding carboxylic acids is 1. The molecule has 1 aromatic rings. The molecule has 0 aromatic heterocycles. The molecule has 3 heteroatoms. The fourth-order valence-corrected chi connectivity index (χ4v) is 3.94. The molecule has 0 bridgehead atoms. The van der Waals surface area contributed by atoms with E-state index in [1.54, 1.807) is 0 Å². The Morgan fingerprint density at radius 3 is 2.15 bits per heavy atom. The summed E-state index contributed by atoms with van der Waals surface area (Å²) >= 11 is 0. The molecule has 0 radical (unpaired) electrons. The van der Waals surface area contributed by atoms with Crippen molar-refractivity contribution < 1.29 is 4.79 Å². The lowest BCUT2D eigenvalue weighted by molar-refractivity contribution is -0.139. The summed E-state index contributed by atoms with van der Waals surface area (Å²) < 4.78 is 0. The van der Waals surface area contributed by atoms with Gasteiger partial charge in [0.15, 0.2) is 0 Å². The maximum Gasteiger partial charge on any atom is 0.243 e. The van der Waals surface area contributed by atoms with Crippen LogP contribution in [-0.2, 0) is 17.6 Å². The van der Waals surface area contributed by atoms with Gasteiger partial charge in [-0.05, 0) is 42.2 Å². The van der Waals surface area contributed by atoms with Crippen LogP contribution in [0.3, 0.4) is 0 Å². The van der Waals surface area contributed by atoms with Crippen molar-refractivity contribution in [1.82, 2.24) is 4.90 Å². The monoisotopic (exact) mass is 272 g/mol. The van der Waals surface area contributed by atoms with Gasteiger partial charge in [0.05, 0.1) is 0 Å². The van der Waals surface area contributed by atoms with Gasteiger partial charge in [-0.3, -0.25) is 4.79 Å².